The van der Waals surface area contributed by atoms with Crippen LogP contribution in [0.4, 0.5) is 0 Å². The van der Waals surface area contributed by atoms with Gasteiger partial charge in [0.25, 0.3) is 0 Å². The highest BCUT2D eigenvalue weighted by Crippen LogP contribution is 2.49. The number of rotatable bonds is 4. The maximum atomic E-state index is 5.20. The summed E-state index contributed by atoms with van der Waals surface area (Å²) >= 11 is 0. The molecule has 0 amide bonds. The monoisotopic (exact) mass is 242 g/mol. The van der Waals surface area contributed by atoms with Crippen molar-refractivity contribution in [3.63, 3.8) is 0 Å². The van der Waals surface area contributed by atoms with Crippen molar-refractivity contribution >= 4 is 0 Å². The second kappa shape index (κ2) is 4.55. The molecule has 1 aliphatic rings. The molecule has 0 N–H and O–H groups in total. The van der Waals surface area contributed by atoms with Gasteiger partial charge in [-0.15, -0.1) is 0 Å². The van der Waals surface area contributed by atoms with Crippen molar-refractivity contribution < 1.29 is 9.78 Å². The zero-order valence-electron chi connectivity index (χ0n) is 12.9. The first kappa shape index (κ1) is 15.0. The van der Waals surface area contributed by atoms with Gasteiger partial charge in [0.1, 0.15) is 0 Å². The molecule has 2 unspecified atom stereocenters. The molecule has 1 saturated heterocycles. The molecule has 0 saturated carbocycles. The largest absolute Gasteiger partial charge is 0.234 e. The number of hydrogen-bond acceptors (Lipinski definition) is 2. The van der Waals surface area contributed by atoms with Gasteiger partial charge in [0, 0.05) is 5.92 Å². The molecule has 0 aromatic carbocycles. The Morgan fingerprint density at radius 1 is 0.882 bits per heavy atom. The van der Waals surface area contributed by atoms with Crippen LogP contribution in [-0.4, -0.2) is 5.79 Å². The van der Waals surface area contributed by atoms with Gasteiger partial charge in [-0.25, -0.2) is 0 Å². The summed E-state index contributed by atoms with van der Waals surface area (Å²) in [6.07, 6.45) is 2.40. The molecule has 0 aromatic heterocycles. The van der Waals surface area contributed by atoms with Crippen molar-refractivity contribution in [3.05, 3.63) is 0 Å². The van der Waals surface area contributed by atoms with Crippen LogP contribution in [0.1, 0.15) is 68.2 Å². The molecule has 1 heterocycles. The van der Waals surface area contributed by atoms with Crippen molar-refractivity contribution in [2.45, 2.75) is 74.0 Å². The summed E-state index contributed by atoms with van der Waals surface area (Å²) in [5.74, 6) is 0.838. The van der Waals surface area contributed by atoms with E-state index in [1.165, 1.54) is 12.8 Å². The smallest absolute Gasteiger partial charge is 0.195 e. The van der Waals surface area contributed by atoms with Crippen molar-refractivity contribution in [3.8, 4) is 0 Å². The zero-order chi connectivity index (χ0) is 13.5. The summed E-state index contributed by atoms with van der Waals surface area (Å²) < 4.78 is 0. The average molecular weight is 242 g/mol. The van der Waals surface area contributed by atoms with Crippen LogP contribution in [-0.2, 0) is 9.78 Å². The molecule has 0 spiro atoms. The van der Waals surface area contributed by atoms with Gasteiger partial charge >= 0.3 is 0 Å². The summed E-state index contributed by atoms with van der Waals surface area (Å²) in [6, 6.07) is 0. The van der Waals surface area contributed by atoms with Gasteiger partial charge < -0.3 is 0 Å². The lowest BCUT2D eigenvalue weighted by molar-refractivity contribution is 0.0850. The Morgan fingerprint density at radius 2 is 1.35 bits per heavy atom. The molecule has 1 rings (SSSR count). The third kappa shape index (κ3) is 3.96. The fraction of sp³-hybridized carbons (Fsp3) is 1.00. The third-order valence-electron chi connectivity index (χ3n) is 4.39. The van der Waals surface area contributed by atoms with E-state index in [-0.39, 0.29) is 11.2 Å². The fourth-order valence-electron chi connectivity index (χ4n) is 2.51. The Morgan fingerprint density at radius 3 is 1.65 bits per heavy atom. The summed E-state index contributed by atoms with van der Waals surface area (Å²) in [5.41, 5.74) is 0.609. The average Bonchev–Trinajstić information content (AvgIpc) is 2.80. The topological polar surface area (TPSA) is 25.1 Å². The zero-order valence-corrected chi connectivity index (χ0v) is 12.9. The second-order valence-corrected chi connectivity index (χ2v) is 7.95. The molecule has 17 heavy (non-hydrogen) atoms. The number of hydrogen-bond donors (Lipinski definition) is 0. The highest BCUT2D eigenvalue weighted by molar-refractivity contribution is 4.88. The maximum Gasteiger partial charge on any atom is 0.234 e. The van der Waals surface area contributed by atoms with E-state index >= 15 is 0 Å². The Bertz CT molecular complexity index is 248. The molecule has 0 radical (unpaired) electrons. The molecule has 1 aliphatic heterocycles. The predicted molar refractivity (Wildman–Crippen MR) is 71.4 cm³/mol. The minimum Gasteiger partial charge on any atom is -0.195 e. The van der Waals surface area contributed by atoms with Crippen LogP contribution < -0.4 is 0 Å². The lowest BCUT2D eigenvalue weighted by atomic mass is 9.71. The molecule has 2 nitrogen and oxygen atoms in total. The van der Waals surface area contributed by atoms with Crippen molar-refractivity contribution in [1.82, 2.24) is 0 Å². The van der Waals surface area contributed by atoms with E-state index in [0.29, 0.717) is 11.3 Å². The first-order valence-electron chi connectivity index (χ1n) is 6.83. The molecule has 2 heteroatoms. The minimum absolute atomic E-state index is 0.225. The predicted octanol–water partition coefficient (Wildman–Crippen LogP) is 4.79. The van der Waals surface area contributed by atoms with Gasteiger partial charge in [-0.1, -0.05) is 48.5 Å². The van der Waals surface area contributed by atoms with E-state index in [2.05, 4.69) is 55.4 Å². The minimum atomic E-state index is -0.337. The second-order valence-electron chi connectivity index (χ2n) is 7.95. The van der Waals surface area contributed by atoms with Gasteiger partial charge in [0.05, 0.1) is 0 Å². The van der Waals surface area contributed by atoms with Crippen molar-refractivity contribution in [1.29, 1.82) is 0 Å². The SMILES string of the molecule is CC(CCC(C(C)(C)C)C1(C)OO1)C(C)(C)C. The van der Waals surface area contributed by atoms with Gasteiger partial charge in [-0.2, -0.15) is 9.78 Å². The summed E-state index contributed by atoms with van der Waals surface area (Å²) in [6.45, 7) is 18.2. The Hall–Kier alpha value is -0.0800. The fourth-order valence-corrected chi connectivity index (χ4v) is 2.51. The summed E-state index contributed by atoms with van der Waals surface area (Å²) in [5, 5.41) is 0. The Balaban J connectivity index is 2.58. The van der Waals surface area contributed by atoms with Gasteiger partial charge in [-0.05, 0) is 36.5 Å². The lowest BCUT2D eigenvalue weighted by Gasteiger charge is -2.34. The first-order chi connectivity index (χ1) is 7.47. The van der Waals surface area contributed by atoms with Crippen molar-refractivity contribution in [2.24, 2.45) is 22.7 Å². The van der Waals surface area contributed by atoms with E-state index in [4.69, 9.17) is 9.78 Å². The maximum absolute atomic E-state index is 5.20. The van der Waals surface area contributed by atoms with Gasteiger partial charge in [0.15, 0.2) is 0 Å². The third-order valence-corrected chi connectivity index (χ3v) is 4.39. The first-order valence-corrected chi connectivity index (χ1v) is 6.83. The molecule has 102 valence electrons. The molecule has 0 aliphatic carbocycles. The lowest BCUT2D eigenvalue weighted by Crippen LogP contribution is -2.33. The summed E-state index contributed by atoms with van der Waals surface area (Å²) in [7, 11) is 0. The quantitative estimate of drug-likeness (QED) is 0.523. The summed E-state index contributed by atoms with van der Waals surface area (Å²) in [4.78, 5) is 10.4. The normalized spacial score (nSPS) is 23.3. The van der Waals surface area contributed by atoms with E-state index < -0.39 is 0 Å². The Labute approximate surface area is 107 Å². The highest BCUT2D eigenvalue weighted by Gasteiger charge is 2.54. The van der Waals surface area contributed by atoms with E-state index in [1.807, 2.05) is 0 Å². The van der Waals surface area contributed by atoms with E-state index in [9.17, 15) is 0 Å². The van der Waals surface area contributed by atoms with Crippen LogP contribution in [0.25, 0.3) is 0 Å². The molecule has 2 atom stereocenters. The molecule has 0 aromatic rings. The van der Waals surface area contributed by atoms with Crippen LogP contribution in [0.5, 0.6) is 0 Å². The molecule has 0 bridgehead atoms. The molecular formula is C15H30O2. The molecule has 1 fully saturated rings. The highest BCUT2D eigenvalue weighted by atomic mass is 17.4. The standard InChI is InChI=1S/C15H30O2/c1-11(13(2,3)4)9-10-12(14(5,6)7)15(8)16-17-15/h11-12H,9-10H2,1-8H3. The van der Waals surface area contributed by atoms with Gasteiger partial charge in [-0.3, -0.25) is 0 Å². The Kier molecular flexibility index (Phi) is 4.01. The van der Waals surface area contributed by atoms with Crippen LogP contribution in [0, 0.1) is 22.7 Å². The van der Waals surface area contributed by atoms with E-state index in [1.54, 1.807) is 0 Å². The van der Waals surface area contributed by atoms with Crippen LogP contribution in [0.2, 0.25) is 0 Å². The molecular weight excluding hydrogens is 212 g/mol. The van der Waals surface area contributed by atoms with Gasteiger partial charge in [0.2, 0.25) is 5.79 Å². The van der Waals surface area contributed by atoms with Crippen LogP contribution in [0.15, 0.2) is 0 Å². The van der Waals surface area contributed by atoms with Crippen LogP contribution in [0.3, 0.4) is 0 Å². The van der Waals surface area contributed by atoms with Crippen LogP contribution >= 0.6 is 0 Å². The van der Waals surface area contributed by atoms with Crippen molar-refractivity contribution in [2.75, 3.05) is 0 Å². The van der Waals surface area contributed by atoms with E-state index in [0.717, 1.165) is 5.92 Å².